The van der Waals surface area contributed by atoms with E-state index in [0.717, 1.165) is 11.1 Å². The topological polar surface area (TPSA) is 27.6 Å². The Labute approximate surface area is 92.7 Å². The first-order valence-corrected chi connectivity index (χ1v) is 4.94. The van der Waals surface area contributed by atoms with Crippen LogP contribution in [0.3, 0.4) is 0 Å². The smallest absolute Gasteiger partial charge is 0.136 e. The molecule has 0 rings (SSSR count). The van der Waals surface area contributed by atoms with Gasteiger partial charge in [-0.1, -0.05) is 62.3 Å². The Morgan fingerprint density at radius 1 is 1.07 bits per heavy atom. The van der Waals surface area contributed by atoms with Crippen molar-refractivity contribution in [2.75, 3.05) is 0 Å². The maximum atomic E-state index is 4.09. The van der Waals surface area contributed by atoms with Gasteiger partial charge in [-0.05, 0) is 6.92 Å². The van der Waals surface area contributed by atoms with E-state index in [-0.39, 0.29) is 6.04 Å². The van der Waals surface area contributed by atoms with Gasteiger partial charge in [0.1, 0.15) is 6.04 Å². The van der Waals surface area contributed by atoms with Crippen molar-refractivity contribution in [2.45, 2.75) is 13.0 Å². The molecule has 1 heteroatoms. The van der Waals surface area contributed by atoms with Crippen LogP contribution in [0.15, 0.2) is 73.4 Å². The highest BCUT2D eigenvalue weighted by Crippen LogP contribution is 2.10. The lowest BCUT2D eigenvalue weighted by Crippen LogP contribution is -2.62. The molecule has 1 unspecified atom stereocenters. The molecule has 1 nitrogen and oxygen atoms in total. The lowest BCUT2D eigenvalue weighted by molar-refractivity contribution is -0.392. The van der Waals surface area contributed by atoms with Gasteiger partial charge in [-0.25, -0.2) is 0 Å². The molecule has 0 spiro atoms. The standard InChI is InChI=1S/C14H19N/c1-5-9-11-13(8-4)14(15)12(7-3)10-6-2/h5-11,14H,2-4,15H2,1H3/p+1/b9-5-,12-10+,13-11+. The van der Waals surface area contributed by atoms with Crippen LogP contribution in [-0.4, -0.2) is 6.04 Å². The van der Waals surface area contributed by atoms with Gasteiger partial charge in [-0.2, -0.15) is 0 Å². The molecule has 3 N–H and O–H groups in total. The van der Waals surface area contributed by atoms with Crippen LogP contribution in [0, 0.1) is 0 Å². The fourth-order valence-electron chi connectivity index (χ4n) is 1.19. The highest BCUT2D eigenvalue weighted by Gasteiger charge is 2.12. The van der Waals surface area contributed by atoms with Crippen molar-refractivity contribution in [1.29, 1.82) is 0 Å². The van der Waals surface area contributed by atoms with Crippen LogP contribution in [0.2, 0.25) is 0 Å². The molecule has 0 heterocycles. The van der Waals surface area contributed by atoms with Gasteiger partial charge in [-0.15, -0.1) is 0 Å². The minimum absolute atomic E-state index is 0.0502. The molecule has 0 amide bonds. The van der Waals surface area contributed by atoms with E-state index in [4.69, 9.17) is 0 Å². The Morgan fingerprint density at radius 3 is 2.00 bits per heavy atom. The van der Waals surface area contributed by atoms with Crippen LogP contribution in [-0.2, 0) is 0 Å². The third-order valence-corrected chi connectivity index (χ3v) is 2.07. The lowest BCUT2D eigenvalue weighted by Gasteiger charge is -2.09. The van der Waals surface area contributed by atoms with Gasteiger partial charge < -0.3 is 5.73 Å². The molecular weight excluding hydrogens is 182 g/mol. The monoisotopic (exact) mass is 202 g/mol. The van der Waals surface area contributed by atoms with Gasteiger partial charge in [0.2, 0.25) is 0 Å². The average Bonchev–Trinajstić information content (AvgIpc) is 2.26. The molecule has 0 aliphatic rings. The first-order chi connectivity index (χ1) is 7.21. The summed E-state index contributed by atoms with van der Waals surface area (Å²) in [7, 11) is 0. The second-order valence-corrected chi connectivity index (χ2v) is 3.06. The number of allylic oxidation sites excluding steroid dienone is 5. The summed E-state index contributed by atoms with van der Waals surface area (Å²) in [4.78, 5) is 0. The molecule has 0 aromatic carbocycles. The maximum absolute atomic E-state index is 4.09. The Morgan fingerprint density at radius 2 is 1.60 bits per heavy atom. The zero-order valence-electron chi connectivity index (χ0n) is 9.45. The second kappa shape index (κ2) is 7.77. The molecule has 0 bridgehead atoms. The SMILES string of the molecule is C=C/C=C(\C=C)C([NH3+])/C(C=C)=C/C=C\C. The van der Waals surface area contributed by atoms with Crippen LogP contribution < -0.4 is 5.73 Å². The normalized spacial score (nSPS) is 15.1. The lowest BCUT2D eigenvalue weighted by atomic mass is 9.98. The van der Waals surface area contributed by atoms with Crippen molar-refractivity contribution >= 4 is 0 Å². The molecule has 1 atom stereocenters. The van der Waals surface area contributed by atoms with Crippen LogP contribution in [0.4, 0.5) is 0 Å². The molecule has 80 valence electrons. The highest BCUT2D eigenvalue weighted by atomic mass is 14.6. The number of hydrogen-bond donors (Lipinski definition) is 1. The summed E-state index contributed by atoms with van der Waals surface area (Å²) in [6, 6.07) is 0.0502. The van der Waals surface area contributed by atoms with Gasteiger partial charge in [0, 0.05) is 11.1 Å². The van der Waals surface area contributed by atoms with Gasteiger partial charge in [-0.3, -0.25) is 0 Å². The summed E-state index contributed by atoms with van der Waals surface area (Å²) in [5, 5.41) is 0. The summed E-state index contributed by atoms with van der Waals surface area (Å²) in [6.45, 7) is 13.2. The first kappa shape index (κ1) is 13.4. The fourth-order valence-corrected chi connectivity index (χ4v) is 1.19. The number of quaternary nitrogens is 1. The van der Waals surface area contributed by atoms with E-state index in [2.05, 4.69) is 25.5 Å². The number of rotatable bonds is 6. The van der Waals surface area contributed by atoms with E-state index < -0.39 is 0 Å². The third-order valence-electron chi connectivity index (χ3n) is 2.07. The minimum Gasteiger partial charge on any atom is -0.348 e. The predicted molar refractivity (Wildman–Crippen MR) is 68.2 cm³/mol. The van der Waals surface area contributed by atoms with Crippen molar-refractivity contribution in [3.05, 3.63) is 73.4 Å². The fraction of sp³-hybridized carbons (Fsp3) is 0.143. The molecule has 0 aliphatic carbocycles. The molecule has 15 heavy (non-hydrogen) atoms. The number of hydrogen-bond acceptors (Lipinski definition) is 0. The van der Waals surface area contributed by atoms with Gasteiger partial charge in [0.25, 0.3) is 0 Å². The summed E-state index contributed by atoms with van der Waals surface area (Å²) < 4.78 is 0. The quantitative estimate of drug-likeness (QED) is 0.641. The van der Waals surface area contributed by atoms with Gasteiger partial charge >= 0.3 is 0 Å². The Hall–Kier alpha value is -1.60. The molecular formula is C14H20N+. The van der Waals surface area contributed by atoms with Crippen molar-refractivity contribution in [3.8, 4) is 0 Å². The molecule has 0 radical (unpaired) electrons. The van der Waals surface area contributed by atoms with E-state index in [1.54, 1.807) is 12.2 Å². The molecule has 0 aliphatic heterocycles. The summed E-state index contributed by atoms with van der Waals surface area (Å²) in [5.74, 6) is 0. The Balaban J connectivity index is 5.00. The highest BCUT2D eigenvalue weighted by molar-refractivity contribution is 5.38. The molecule has 0 aromatic heterocycles. The van der Waals surface area contributed by atoms with E-state index in [1.807, 2.05) is 37.3 Å². The van der Waals surface area contributed by atoms with E-state index in [9.17, 15) is 0 Å². The summed E-state index contributed by atoms with van der Waals surface area (Å²) >= 11 is 0. The molecule has 0 fully saturated rings. The first-order valence-electron chi connectivity index (χ1n) is 4.94. The van der Waals surface area contributed by atoms with Crippen molar-refractivity contribution in [1.82, 2.24) is 0 Å². The van der Waals surface area contributed by atoms with Crippen molar-refractivity contribution < 1.29 is 5.73 Å². The van der Waals surface area contributed by atoms with Crippen molar-refractivity contribution in [2.24, 2.45) is 0 Å². The summed E-state index contributed by atoms with van der Waals surface area (Å²) in [5.41, 5.74) is 6.20. The van der Waals surface area contributed by atoms with Crippen LogP contribution in [0.5, 0.6) is 0 Å². The van der Waals surface area contributed by atoms with Crippen molar-refractivity contribution in [3.63, 3.8) is 0 Å². The van der Waals surface area contributed by atoms with E-state index in [1.165, 1.54) is 0 Å². The third kappa shape index (κ3) is 4.43. The predicted octanol–water partition coefficient (Wildman–Crippen LogP) is 2.58. The Bertz CT molecular complexity index is 316. The van der Waals surface area contributed by atoms with Gasteiger partial charge in [0.05, 0.1) is 0 Å². The largest absolute Gasteiger partial charge is 0.348 e. The molecule has 0 aromatic rings. The average molecular weight is 202 g/mol. The van der Waals surface area contributed by atoms with Gasteiger partial charge in [0.15, 0.2) is 0 Å². The Kier molecular flexibility index (Phi) is 6.94. The summed E-state index contributed by atoms with van der Waals surface area (Å²) in [6.07, 6.45) is 13.2. The molecule has 0 saturated carbocycles. The zero-order valence-corrected chi connectivity index (χ0v) is 9.45. The van der Waals surface area contributed by atoms with Crippen LogP contribution in [0.25, 0.3) is 0 Å². The maximum Gasteiger partial charge on any atom is 0.136 e. The van der Waals surface area contributed by atoms with Crippen LogP contribution in [0.1, 0.15) is 6.92 Å². The van der Waals surface area contributed by atoms with E-state index in [0.29, 0.717) is 0 Å². The second-order valence-electron chi connectivity index (χ2n) is 3.06. The minimum atomic E-state index is 0.0502. The molecule has 0 saturated heterocycles. The zero-order chi connectivity index (χ0) is 11.7. The van der Waals surface area contributed by atoms with E-state index >= 15 is 0 Å². The van der Waals surface area contributed by atoms with Crippen LogP contribution >= 0.6 is 0 Å².